The first-order valence-corrected chi connectivity index (χ1v) is 9.60. The molecule has 0 bridgehead atoms. The number of amides is 1. The van der Waals surface area contributed by atoms with E-state index in [9.17, 15) is 19.7 Å². The summed E-state index contributed by atoms with van der Waals surface area (Å²) >= 11 is 0. The van der Waals surface area contributed by atoms with Crippen LogP contribution >= 0.6 is 0 Å². The van der Waals surface area contributed by atoms with E-state index in [2.05, 4.69) is 32.7 Å². The molecule has 0 aliphatic rings. The number of carbonyl (C=O) groups is 1. The highest BCUT2D eigenvalue weighted by Crippen LogP contribution is 2.16. The lowest BCUT2D eigenvalue weighted by Crippen LogP contribution is -2.38. The molecule has 152 valence electrons. The summed E-state index contributed by atoms with van der Waals surface area (Å²) in [5.74, 6) is 0.801. The Morgan fingerprint density at radius 2 is 1.79 bits per heavy atom. The van der Waals surface area contributed by atoms with Gasteiger partial charge in [0.05, 0.1) is 22.2 Å². The fourth-order valence-corrected chi connectivity index (χ4v) is 2.81. The van der Waals surface area contributed by atoms with Gasteiger partial charge in [0.2, 0.25) is 5.91 Å². The third-order valence-electron chi connectivity index (χ3n) is 4.63. The fourth-order valence-electron chi connectivity index (χ4n) is 2.81. The van der Waals surface area contributed by atoms with Gasteiger partial charge < -0.3 is 4.90 Å². The summed E-state index contributed by atoms with van der Waals surface area (Å²) in [6.07, 6.45) is 3.11. The number of carbonyl (C=O) groups excluding carboxylic acids is 1. The zero-order chi connectivity index (χ0) is 20.8. The number of non-ortho nitro benzene ring substituents is 1. The molecule has 1 aromatic heterocycles. The van der Waals surface area contributed by atoms with Crippen LogP contribution in [0.4, 0.5) is 5.69 Å². The minimum atomic E-state index is -0.555. The zero-order valence-corrected chi connectivity index (χ0v) is 16.9. The summed E-state index contributed by atoms with van der Waals surface area (Å²) < 4.78 is 1.23. The summed E-state index contributed by atoms with van der Waals surface area (Å²) in [6, 6.07) is 3.96. The Balaban J connectivity index is 2.26. The number of aromatic nitrogens is 2. The van der Waals surface area contributed by atoms with Crippen LogP contribution in [0.3, 0.4) is 0 Å². The Labute approximate surface area is 164 Å². The third kappa shape index (κ3) is 5.61. The van der Waals surface area contributed by atoms with Crippen molar-refractivity contribution in [1.29, 1.82) is 0 Å². The number of rotatable bonds is 9. The van der Waals surface area contributed by atoms with Gasteiger partial charge in [0.15, 0.2) is 0 Å². The average Bonchev–Trinajstić information content (AvgIpc) is 2.63. The zero-order valence-electron chi connectivity index (χ0n) is 16.9. The molecule has 0 aliphatic carbocycles. The van der Waals surface area contributed by atoms with Gasteiger partial charge in [0, 0.05) is 25.2 Å². The van der Waals surface area contributed by atoms with Gasteiger partial charge in [-0.3, -0.25) is 24.3 Å². The molecule has 1 aromatic carbocycles. The quantitative estimate of drug-likeness (QED) is 0.485. The van der Waals surface area contributed by atoms with Gasteiger partial charge in [-0.05, 0) is 30.7 Å². The summed E-state index contributed by atoms with van der Waals surface area (Å²) in [5.41, 5.74) is -0.253. The Morgan fingerprint density at radius 3 is 2.32 bits per heavy atom. The van der Waals surface area contributed by atoms with Crippen molar-refractivity contribution in [2.45, 2.75) is 47.1 Å². The van der Waals surface area contributed by atoms with Crippen LogP contribution in [0.1, 0.15) is 40.5 Å². The normalized spacial score (nSPS) is 11.4. The van der Waals surface area contributed by atoms with E-state index < -0.39 is 10.5 Å². The molecule has 8 nitrogen and oxygen atoms in total. The van der Waals surface area contributed by atoms with E-state index >= 15 is 0 Å². The molecule has 2 rings (SSSR count). The van der Waals surface area contributed by atoms with Gasteiger partial charge >= 0.3 is 0 Å². The number of nitro groups is 1. The van der Waals surface area contributed by atoms with E-state index in [0.29, 0.717) is 30.4 Å². The number of benzene rings is 1. The SMILES string of the molecule is CC(C)CCN(CCC(C)C)C(=O)Cn1cnc2ccc([N+](=O)[O-])cc2c1=O. The average molecular weight is 388 g/mol. The van der Waals surface area contributed by atoms with E-state index in [1.54, 1.807) is 4.90 Å². The summed E-state index contributed by atoms with van der Waals surface area (Å²) in [6.45, 7) is 9.59. The number of fused-ring (bicyclic) bond motifs is 1. The number of nitro benzene ring substituents is 1. The van der Waals surface area contributed by atoms with Gasteiger partial charge in [0.25, 0.3) is 11.2 Å². The first-order chi connectivity index (χ1) is 13.2. The molecule has 28 heavy (non-hydrogen) atoms. The topological polar surface area (TPSA) is 98.3 Å². The Morgan fingerprint density at radius 1 is 1.18 bits per heavy atom. The van der Waals surface area contributed by atoms with Crippen molar-refractivity contribution in [2.75, 3.05) is 13.1 Å². The van der Waals surface area contributed by atoms with Gasteiger partial charge in [-0.15, -0.1) is 0 Å². The summed E-state index contributed by atoms with van der Waals surface area (Å²) in [5, 5.41) is 11.1. The van der Waals surface area contributed by atoms with Crippen molar-refractivity contribution in [3.8, 4) is 0 Å². The molecule has 0 fully saturated rings. The molecule has 1 amide bonds. The molecule has 2 aromatic rings. The summed E-state index contributed by atoms with van der Waals surface area (Å²) in [4.78, 5) is 41.9. The van der Waals surface area contributed by atoms with Crippen molar-refractivity contribution in [2.24, 2.45) is 11.8 Å². The third-order valence-corrected chi connectivity index (χ3v) is 4.63. The lowest BCUT2D eigenvalue weighted by atomic mass is 10.1. The van der Waals surface area contributed by atoms with Gasteiger partial charge in [-0.25, -0.2) is 4.98 Å². The van der Waals surface area contributed by atoms with E-state index in [4.69, 9.17) is 0 Å². The molecular weight excluding hydrogens is 360 g/mol. The van der Waals surface area contributed by atoms with Crippen LogP contribution in [0.2, 0.25) is 0 Å². The second-order valence-corrected chi connectivity index (χ2v) is 7.88. The highest BCUT2D eigenvalue weighted by Gasteiger charge is 2.17. The van der Waals surface area contributed by atoms with Crippen molar-refractivity contribution >= 4 is 22.5 Å². The molecule has 0 atom stereocenters. The summed E-state index contributed by atoms with van der Waals surface area (Å²) in [7, 11) is 0. The number of hydrogen-bond acceptors (Lipinski definition) is 5. The van der Waals surface area contributed by atoms with Crippen LogP contribution < -0.4 is 5.56 Å². The molecule has 0 aliphatic heterocycles. The van der Waals surface area contributed by atoms with Crippen LogP contribution in [-0.2, 0) is 11.3 Å². The van der Waals surface area contributed by atoms with E-state index in [1.165, 1.54) is 29.1 Å². The van der Waals surface area contributed by atoms with Crippen LogP contribution in [0.5, 0.6) is 0 Å². The van der Waals surface area contributed by atoms with Gasteiger partial charge in [-0.2, -0.15) is 0 Å². The largest absolute Gasteiger partial charge is 0.341 e. The van der Waals surface area contributed by atoms with Crippen LogP contribution in [-0.4, -0.2) is 38.4 Å². The first-order valence-electron chi connectivity index (χ1n) is 9.60. The molecule has 1 heterocycles. The molecule has 0 unspecified atom stereocenters. The maximum Gasteiger partial charge on any atom is 0.270 e. The fraction of sp³-hybridized carbons (Fsp3) is 0.550. The molecular formula is C20H28N4O4. The molecule has 0 spiro atoms. The van der Waals surface area contributed by atoms with Crippen molar-refractivity contribution in [3.05, 3.63) is 45.0 Å². The molecule has 0 N–H and O–H groups in total. The second kappa shape index (κ2) is 9.43. The smallest absolute Gasteiger partial charge is 0.270 e. The lowest BCUT2D eigenvalue weighted by Gasteiger charge is -2.25. The number of hydrogen-bond donors (Lipinski definition) is 0. The van der Waals surface area contributed by atoms with E-state index in [-0.39, 0.29) is 23.5 Å². The van der Waals surface area contributed by atoms with Crippen molar-refractivity contribution in [1.82, 2.24) is 14.5 Å². The standard InChI is InChI=1S/C20H28N4O4/c1-14(2)7-9-22(10-8-15(3)4)19(25)12-23-13-21-18-6-5-16(24(27)28)11-17(18)20(23)26/h5-6,11,13-15H,7-10,12H2,1-4H3. The molecule has 8 heteroatoms. The van der Waals surface area contributed by atoms with Crippen LogP contribution in [0.15, 0.2) is 29.3 Å². The second-order valence-electron chi connectivity index (χ2n) is 7.88. The van der Waals surface area contributed by atoms with Crippen LogP contribution in [0.25, 0.3) is 10.9 Å². The highest BCUT2D eigenvalue weighted by atomic mass is 16.6. The predicted molar refractivity (Wildman–Crippen MR) is 108 cm³/mol. The van der Waals surface area contributed by atoms with Gasteiger partial charge in [-0.1, -0.05) is 27.7 Å². The lowest BCUT2D eigenvalue weighted by molar-refractivity contribution is -0.384. The molecule has 0 saturated carbocycles. The first kappa shape index (κ1) is 21.5. The molecule has 0 radical (unpaired) electrons. The van der Waals surface area contributed by atoms with Crippen molar-refractivity contribution < 1.29 is 9.72 Å². The predicted octanol–water partition coefficient (Wildman–Crippen LogP) is 3.23. The molecule has 0 saturated heterocycles. The van der Waals surface area contributed by atoms with Gasteiger partial charge in [0.1, 0.15) is 6.54 Å². The monoisotopic (exact) mass is 388 g/mol. The Bertz CT molecular complexity index is 893. The maximum absolute atomic E-state index is 12.8. The van der Waals surface area contributed by atoms with E-state index in [1.807, 2.05) is 0 Å². The maximum atomic E-state index is 12.8. The van der Waals surface area contributed by atoms with Crippen molar-refractivity contribution in [3.63, 3.8) is 0 Å². The van der Waals surface area contributed by atoms with Crippen LogP contribution in [0, 0.1) is 22.0 Å². The minimum absolute atomic E-state index is 0.124. The van der Waals surface area contributed by atoms with E-state index in [0.717, 1.165) is 12.8 Å². The highest BCUT2D eigenvalue weighted by molar-refractivity contribution is 5.81. The minimum Gasteiger partial charge on any atom is -0.341 e. The Kier molecular flexibility index (Phi) is 7.25. The number of nitrogens with zero attached hydrogens (tertiary/aromatic N) is 4. The Hall–Kier alpha value is -2.77.